The predicted molar refractivity (Wildman–Crippen MR) is 85.5 cm³/mol. The number of nitrogens with one attached hydrogen (secondary N) is 1. The predicted octanol–water partition coefficient (Wildman–Crippen LogP) is 4.86. The summed E-state index contributed by atoms with van der Waals surface area (Å²) < 4.78 is 0. The molecule has 2 aromatic carbocycles. The molecule has 2 rings (SSSR count). The van der Waals surface area contributed by atoms with E-state index in [4.69, 9.17) is 0 Å². The zero-order valence-corrected chi connectivity index (χ0v) is 12.4. The Balaban J connectivity index is 2.28. The highest BCUT2D eigenvalue weighted by Crippen LogP contribution is 2.28. The summed E-state index contributed by atoms with van der Waals surface area (Å²) in [6.45, 7) is 4.10. The maximum Gasteiger partial charge on any atom is 0.271 e. The first-order valence-corrected chi connectivity index (χ1v) is 7.18. The van der Waals surface area contributed by atoms with Crippen LogP contribution in [0, 0.1) is 17.0 Å². The van der Waals surface area contributed by atoms with Crippen molar-refractivity contribution >= 4 is 11.4 Å². The molecule has 4 heteroatoms. The molecule has 0 spiro atoms. The molecule has 0 heterocycles. The molecule has 21 heavy (non-hydrogen) atoms. The first-order chi connectivity index (χ1) is 10.1. The van der Waals surface area contributed by atoms with E-state index >= 15 is 0 Å². The monoisotopic (exact) mass is 284 g/mol. The van der Waals surface area contributed by atoms with Gasteiger partial charge in [0.25, 0.3) is 5.69 Å². The van der Waals surface area contributed by atoms with E-state index in [2.05, 4.69) is 24.4 Å². The zero-order chi connectivity index (χ0) is 15.2. The van der Waals surface area contributed by atoms with Crippen molar-refractivity contribution in [3.8, 4) is 0 Å². The number of benzene rings is 2. The lowest BCUT2D eigenvalue weighted by molar-refractivity contribution is -0.384. The highest BCUT2D eigenvalue weighted by Gasteiger charge is 2.14. The van der Waals surface area contributed by atoms with E-state index in [0.29, 0.717) is 0 Å². The van der Waals surface area contributed by atoms with Crippen LogP contribution in [0.15, 0.2) is 48.5 Å². The molecule has 110 valence electrons. The SMILES string of the molecule is CCCC(Nc1cc([N+](=O)[O-])ccc1C)c1ccccc1. The molecular weight excluding hydrogens is 264 g/mol. The molecule has 0 aliphatic heterocycles. The van der Waals surface area contributed by atoms with E-state index in [1.54, 1.807) is 12.1 Å². The first-order valence-electron chi connectivity index (χ1n) is 7.18. The molecule has 1 atom stereocenters. The summed E-state index contributed by atoms with van der Waals surface area (Å²) in [6, 6.07) is 15.3. The maximum absolute atomic E-state index is 10.9. The lowest BCUT2D eigenvalue weighted by atomic mass is 10.0. The van der Waals surface area contributed by atoms with Gasteiger partial charge in [0.2, 0.25) is 0 Å². The Morgan fingerprint density at radius 2 is 1.90 bits per heavy atom. The van der Waals surface area contributed by atoms with Crippen molar-refractivity contribution in [3.05, 3.63) is 69.8 Å². The summed E-state index contributed by atoms with van der Waals surface area (Å²) in [4.78, 5) is 10.6. The molecule has 0 radical (unpaired) electrons. The summed E-state index contributed by atoms with van der Waals surface area (Å²) in [5, 5.41) is 14.4. The molecule has 0 aliphatic carbocycles. The molecule has 1 N–H and O–H groups in total. The highest BCUT2D eigenvalue weighted by molar-refractivity contribution is 5.57. The summed E-state index contributed by atoms with van der Waals surface area (Å²) >= 11 is 0. The number of nitrogens with zero attached hydrogens (tertiary/aromatic N) is 1. The van der Waals surface area contributed by atoms with Gasteiger partial charge in [0, 0.05) is 17.8 Å². The van der Waals surface area contributed by atoms with Crippen LogP contribution >= 0.6 is 0 Å². The van der Waals surface area contributed by atoms with Crippen LogP contribution in [-0.2, 0) is 0 Å². The Bertz CT molecular complexity index is 611. The van der Waals surface area contributed by atoms with E-state index < -0.39 is 0 Å². The lowest BCUT2D eigenvalue weighted by Gasteiger charge is -2.21. The zero-order valence-electron chi connectivity index (χ0n) is 12.4. The second-order valence-electron chi connectivity index (χ2n) is 5.15. The number of nitro groups is 1. The van der Waals surface area contributed by atoms with E-state index in [1.807, 2.05) is 25.1 Å². The summed E-state index contributed by atoms with van der Waals surface area (Å²) in [7, 11) is 0. The number of nitro benzene ring substituents is 1. The number of rotatable bonds is 6. The number of hydrogen-bond acceptors (Lipinski definition) is 3. The largest absolute Gasteiger partial charge is 0.378 e. The van der Waals surface area contributed by atoms with Crippen LogP contribution < -0.4 is 5.32 Å². The number of aryl methyl sites for hydroxylation is 1. The quantitative estimate of drug-likeness (QED) is 0.609. The van der Waals surface area contributed by atoms with Crippen LogP contribution in [0.4, 0.5) is 11.4 Å². The molecule has 0 saturated carbocycles. The topological polar surface area (TPSA) is 55.2 Å². The van der Waals surface area contributed by atoms with E-state index in [9.17, 15) is 10.1 Å². The van der Waals surface area contributed by atoms with Gasteiger partial charge in [0.15, 0.2) is 0 Å². The van der Waals surface area contributed by atoms with Gasteiger partial charge in [0.1, 0.15) is 0 Å². The normalized spacial score (nSPS) is 11.9. The fraction of sp³-hybridized carbons (Fsp3) is 0.294. The highest BCUT2D eigenvalue weighted by atomic mass is 16.6. The Kier molecular flexibility index (Phi) is 4.93. The minimum atomic E-state index is -0.359. The molecule has 4 nitrogen and oxygen atoms in total. The first kappa shape index (κ1) is 15.0. The Labute approximate surface area is 125 Å². The molecule has 0 aromatic heterocycles. The van der Waals surface area contributed by atoms with Gasteiger partial charge in [-0.1, -0.05) is 49.7 Å². The molecule has 2 aromatic rings. The molecule has 0 amide bonds. The van der Waals surface area contributed by atoms with E-state index in [1.165, 1.54) is 11.6 Å². The van der Waals surface area contributed by atoms with Crippen molar-refractivity contribution in [3.63, 3.8) is 0 Å². The third-order valence-electron chi connectivity index (χ3n) is 3.54. The Morgan fingerprint density at radius 1 is 1.19 bits per heavy atom. The van der Waals surface area contributed by atoms with E-state index in [0.717, 1.165) is 24.1 Å². The van der Waals surface area contributed by atoms with Crippen LogP contribution in [0.1, 0.15) is 36.9 Å². The Hall–Kier alpha value is -2.36. The fourth-order valence-corrected chi connectivity index (χ4v) is 2.36. The van der Waals surface area contributed by atoms with Crippen LogP contribution in [0.5, 0.6) is 0 Å². The average Bonchev–Trinajstić information content (AvgIpc) is 2.49. The van der Waals surface area contributed by atoms with Crippen molar-refractivity contribution in [1.29, 1.82) is 0 Å². The minimum Gasteiger partial charge on any atom is -0.378 e. The molecule has 0 saturated heterocycles. The molecule has 0 bridgehead atoms. The lowest BCUT2D eigenvalue weighted by Crippen LogP contribution is -2.11. The second-order valence-corrected chi connectivity index (χ2v) is 5.15. The van der Waals surface area contributed by atoms with Gasteiger partial charge in [-0.15, -0.1) is 0 Å². The van der Waals surface area contributed by atoms with Gasteiger partial charge in [0.05, 0.1) is 11.0 Å². The van der Waals surface area contributed by atoms with Crippen LogP contribution in [0.25, 0.3) is 0 Å². The van der Waals surface area contributed by atoms with Gasteiger partial charge in [-0.05, 0) is 24.5 Å². The van der Waals surface area contributed by atoms with Crippen LogP contribution in [0.2, 0.25) is 0 Å². The van der Waals surface area contributed by atoms with Crippen molar-refractivity contribution in [2.45, 2.75) is 32.7 Å². The van der Waals surface area contributed by atoms with Crippen molar-refractivity contribution in [2.24, 2.45) is 0 Å². The molecule has 0 aliphatic rings. The van der Waals surface area contributed by atoms with Crippen LogP contribution in [0.3, 0.4) is 0 Å². The van der Waals surface area contributed by atoms with Gasteiger partial charge in [-0.3, -0.25) is 10.1 Å². The van der Waals surface area contributed by atoms with Gasteiger partial charge in [-0.2, -0.15) is 0 Å². The van der Waals surface area contributed by atoms with Crippen molar-refractivity contribution in [2.75, 3.05) is 5.32 Å². The standard InChI is InChI=1S/C17H20N2O2/c1-3-7-16(14-8-5-4-6-9-14)18-17-12-15(19(20)21)11-10-13(17)2/h4-6,8-12,16,18H,3,7H2,1-2H3. The average molecular weight is 284 g/mol. The third-order valence-corrected chi connectivity index (χ3v) is 3.54. The molecule has 0 fully saturated rings. The number of non-ortho nitro benzene ring substituents is 1. The van der Waals surface area contributed by atoms with Crippen molar-refractivity contribution < 1.29 is 4.92 Å². The molecular formula is C17H20N2O2. The van der Waals surface area contributed by atoms with Gasteiger partial charge < -0.3 is 5.32 Å². The summed E-state index contributed by atoms with van der Waals surface area (Å²) in [5.74, 6) is 0. The van der Waals surface area contributed by atoms with Gasteiger partial charge in [-0.25, -0.2) is 0 Å². The second kappa shape index (κ2) is 6.88. The summed E-state index contributed by atoms with van der Waals surface area (Å²) in [5.41, 5.74) is 3.15. The Morgan fingerprint density at radius 3 is 2.52 bits per heavy atom. The van der Waals surface area contributed by atoms with E-state index in [-0.39, 0.29) is 16.7 Å². The summed E-state index contributed by atoms with van der Waals surface area (Å²) in [6.07, 6.45) is 2.02. The van der Waals surface area contributed by atoms with Gasteiger partial charge >= 0.3 is 0 Å². The van der Waals surface area contributed by atoms with Crippen LogP contribution in [-0.4, -0.2) is 4.92 Å². The smallest absolute Gasteiger partial charge is 0.271 e. The number of hydrogen-bond donors (Lipinski definition) is 1. The van der Waals surface area contributed by atoms with Crippen molar-refractivity contribution in [1.82, 2.24) is 0 Å². The number of anilines is 1. The fourth-order valence-electron chi connectivity index (χ4n) is 2.36. The third kappa shape index (κ3) is 3.81. The maximum atomic E-state index is 10.9. The minimum absolute atomic E-state index is 0.117. The molecule has 1 unspecified atom stereocenters.